The predicted molar refractivity (Wildman–Crippen MR) is 86.5 cm³/mol. The molecule has 0 aliphatic carbocycles. The zero-order chi connectivity index (χ0) is 16.4. The highest BCUT2D eigenvalue weighted by Crippen LogP contribution is 2.39. The summed E-state index contributed by atoms with van der Waals surface area (Å²) < 4.78 is 23.0. The summed E-state index contributed by atoms with van der Waals surface area (Å²) in [6, 6.07) is 8.34. The summed E-state index contributed by atoms with van der Waals surface area (Å²) >= 11 is 12.1. The Hall–Kier alpha value is -1.08. The van der Waals surface area contributed by atoms with E-state index < -0.39 is 24.9 Å². The quantitative estimate of drug-likeness (QED) is 0.857. The molecule has 0 radical (unpaired) electrons. The molecule has 1 fully saturated rings. The molecular formula is C14H15Cl2NO4S. The van der Waals surface area contributed by atoms with Gasteiger partial charge in [-0.15, -0.1) is 0 Å². The molecule has 0 amide bonds. The Morgan fingerprint density at radius 2 is 1.68 bits per heavy atom. The highest BCUT2D eigenvalue weighted by atomic mass is 35.5. The van der Waals surface area contributed by atoms with Gasteiger partial charge in [0.25, 0.3) is 0 Å². The lowest BCUT2D eigenvalue weighted by molar-refractivity contribution is -0.140. The number of piperidine rings is 1. The van der Waals surface area contributed by atoms with Crippen LogP contribution in [0.15, 0.2) is 34.7 Å². The van der Waals surface area contributed by atoms with Gasteiger partial charge in [0.1, 0.15) is 0 Å². The highest BCUT2D eigenvalue weighted by molar-refractivity contribution is 7.99. The van der Waals surface area contributed by atoms with E-state index in [1.807, 2.05) is 0 Å². The van der Waals surface area contributed by atoms with E-state index in [1.165, 1.54) is 0 Å². The van der Waals surface area contributed by atoms with Crippen molar-refractivity contribution in [3.63, 3.8) is 0 Å². The number of sulfone groups is 1. The molecule has 1 aromatic rings. The van der Waals surface area contributed by atoms with Gasteiger partial charge in [0.2, 0.25) is 9.84 Å². The van der Waals surface area contributed by atoms with Crippen molar-refractivity contribution in [1.82, 2.24) is 5.32 Å². The van der Waals surface area contributed by atoms with Crippen molar-refractivity contribution in [2.45, 2.75) is 17.6 Å². The van der Waals surface area contributed by atoms with Gasteiger partial charge in [-0.3, -0.25) is 4.79 Å². The Labute approximate surface area is 138 Å². The highest BCUT2D eigenvalue weighted by Gasteiger charge is 2.53. The molecule has 1 heterocycles. The Morgan fingerprint density at radius 3 is 2.18 bits per heavy atom. The number of carboxylic acids is 1. The summed E-state index contributed by atoms with van der Waals surface area (Å²) in [6.07, 6.45) is -0.111. The number of carbonyl (C=O) groups is 1. The molecule has 120 valence electrons. The van der Waals surface area contributed by atoms with E-state index in [2.05, 4.69) is 5.32 Å². The molecule has 22 heavy (non-hydrogen) atoms. The SMILES string of the molecule is O=C(O)C1(S(=O)(=O)C(Cl)=C(Cl)c2ccccc2)CCNCC1. The van der Waals surface area contributed by atoms with E-state index in [4.69, 9.17) is 23.2 Å². The molecular weight excluding hydrogens is 349 g/mol. The fraction of sp³-hybridized carbons (Fsp3) is 0.357. The zero-order valence-corrected chi connectivity index (χ0v) is 13.9. The van der Waals surface area contributed by atoms with E-state index in [0.717, 1.165) is 0 Å². The predicted octanol–water partition coefficient (Wildman–Crippen LogP) is 2.41. The summed E-state index contributed by atoms with van der Waals surface area (Å²) in [5.41, 5.74) is 0.423. The van der Waals surface area contributed by atoms with E-state index in [-0.39, 0.29) is 17.9 Å². The molecule has 2 rings (SSSR count). The number of hydrogen-bond donors (Lipinski definition) is 2. The minimum Gasteiger partial charge on any atom is -0.480 e. The standard InChI is InChI=1S/C14H15Cl2NO4S/c15-11(10-4-2-1-3-5-10)12(16)22(20,21)14(13(18)19)6-8-17-9-7-14/h1-5,17H,6-9H2,(H,18,19). The Balaban J connectivity index is 2.55. The van der Waals surface area contributed by atoms with Crippen LogP contribution < -0.4 is 5.32 Å². The third-order valence-corrected chi connectivity index (χ3v) is 7.45. The van der Waals surface area contributed by atoms with Crippen LogP contribution in [0.5, 0.6) is 0 Å². The maximum absolute atomic E-state index is 12.8. The fourth-order valence-corrected chi connectivity index (χ4v) is 5.07. The largest absolute Gasteiger partial charge is 0.480 e. The first-order valence-corrected chi connectivity index (χ1v) is 8.86. The number of benzene rings is 1. The molecule has 0 aromatic heterocycles. The lowest BCUT2D eigenvalue weighted by atomic mass is 9.97. The number of aliphatic carboxylic acids is 1. The maximum Gasteiger partial charge on any atom is 0.325 e. The normalized spacial score (nSPS) is 19.4. The van der Waals surface area contributed by atoms with Crippen molar-refractivity contribution in [2.24, 2.45) is 0 Å². The number of nitrogens with one attached hydrogen (secondary N) is 1. The van der Waals surface area contributed by atoms with Crippen LogP contribution in [-0.2, 0) is 14.6 Å². The molecule has 1 aromatic carbocycles. The summed E-state index contributed by atoms with van der Waals surface area (Å²) in [6.45, 7) is 0.581. The summed E-state index contributed by atoms with van der Waals surface area (Å²) in [5.74, 6) is -1.40. The first-order valence-electron chi connectivity index (χ1n) is 6.62. The van der Waals surface area contributed by atoms with Gasteiger partial charge in [0.15, 0.2) is 9.11 Å². The number of halogens is 2. The zero-order valence-electron chi connectivity index (χ0n) is 11.6. The van der Waals surface area contributed by atoms with Gasteiger partial charge >= 0.3 is 5.97 Å². The second-order valence-electron chi connectivity index (χ2n) is 5.01. The number of carboxylic acid groups (broad SMARTS) is 1. The smallest absolute Gasteiger partial charge is 0.325 e. The Kier molecular flexibility index (Phi) is 5.17. The van der Waals surface area contributed by atoms with Crippen LogP contribution in [0.1, 0.15) is 18.4 Å². The van der Waals surface area contributed by atoms with Gasteiger partial charge in [0, 0.05) is 0 Å². The Morgan fingerprint density at radius 1 is 1.14 bits per heavy atom. The van der Waals surface area contributed by atoms with Gasteiger partial charge in [-0.25, -0.2) is 8.42 Å². The van der Waals surface area contributed by atoms with Crippen LogP contribution in [0.4, 0.5) is 0 Å². The van der Waals surface area contributed by atoms with Crippen LogP contribution in [0.3, 0.4) is 0 Å². The van der Waals surface area contributed by atoms with Crippen molar-refractivity contribution < 1.29 is 18.3 Å². The molecule has 1 aliphatic heterocycles. The maximum atomic E-state index is 12.8. The molecule has 0 unspecified atom stereocenters. The van der Waals surface area contributed by atoms with Gasteiger partial charge < -0.3 is 10.4 Å². The third kappa shape index (κ3) is 2.88. The first kappa shape index (κ1) is 17.3. The molecule has 2 N–H and O–H groups in total. The Bertz CT molecular complexity index is 695. The topological polar surface area (TPSA) is 83.5 Å². The third-order valence-electron chi connectivity index (χ3n) is 3.75. The molecule has 0 atom stereocenters. The summed E-state index contributed by atoms with van der Waals surface area (Å²) in [5, 5.41) is 12.3. The van der Waals surface area contributed by atoms with E-state index in [9.17, 15) is 18.3 Å². The van der Waals surface area contributed by atoms with Crippen LogP contribution >= 0.6 is 23.2 Å². The van der Waals surface area contributed by atoms with Crippen molar-refractivity contribution in [1.29, 1.82) is 0 Å². The molecule has 1 saturated heterocycles. The van der Waals surface area contributed by atoms with Crippen molar-refractivity contribution >= 4 is 44.0 Å². The monoisotopic (exact) mass is 363 g/mol. The second kappa shape index (κ2) is 6.58. The minimum absolute atomic E-state index is 0.0557. The molecule has 0 bridgehead atoms. The average Bonchev–Trinajstić information content (AvgIpc) is 2.54. The van der Waals surface area contributed by atoms with Gasteiger partial charge in [0.05, 0.1) is 5.03 Å². The van der Waals surface area contributed by atoms with Crippen LogP contribution in [-0.4, -0.2) is 37.3 Å². The molecule has 0 saturated carbocycles. The fourth-order valence-electron chi connectivity index (χ4n) is 2.42. The molecule has 8 heteroatoms. The average molecular weight is 364 g/mol. The lowest BCUT2D eigenvalue weighted by Crippen LogP contribution is -2.53. The van der Waals surface area contributed by atoms with Crippen molar-refractivity contribution in [3.05, 3.63) is 40.3 Å². The van der Waals surface area contributed by atoms with Crippen molar-refractivity contribution in [2.75, 3.05) is 13.1 Å². The van der Waals surface area contributed by atoms with E-state index in [0.29, 0.717) is 18.7 Å². The number of hydrogen-bond acceptors (Lipinski definition) is 4. The van der Waals surface area contributed by atoms with E-state index >= 15 is 0 Å². The van der Waals surface area contributed by atoms with Gasteiger partial charge in [-0.05, 0) is 31.5 Å². The molecule has 0 spiro atoms. The van der Waals surface area contributed by atoms with Crippen LogP contribution in [0.25, 0.3) is 5.03 Å². The molecule has 5 nitrogen and oxygen atoms in total. The summed E-state index contributed by atoms with van der Waals surface area (Å²) in [7, 11) is -4.30. The van der Waals surface area contributed by atoms with Crippen LogP contribution in [0, 0.1) is 0 Å². The lowest BCUT2D eigenvalue weighted by Gasteiger charge is -2.32. The van der Waals surface area contributed by atoms with Crippen LogP contribution in [0.2, 0.25) is 0 Å². The van der Waals surface area contributed by atoms with Gasteiger partial charge in [-0.2, -0.15) is 0 Å². The molecule has 1 aliphatic rings. The van der Waals surface area contributed by atoms with Crippen molar-refractivity contribution in [3.8, 4) is 0 Å². The number of rotatable bonds is 4. The summed E-state index contributed by atoms with van der Waals surface area (Å²) in [4.78, 5) is 11.7. The second-order valence-corrected chi connectivity index (χ2v) is 8.18. The minimum atomic E-state index is -4.30. The first-order chi connectivity index (χ1) is 10.3. The van der Waals surface area contributed by atoms with E-state index in [1.54, 1.807) is 30.3 Å². The van der Waals surface area contributed by atoms with Gasteiger partial charge in [-0.1, -0.05) is 53.5 Å².